The van der Waals surface area contributed by atoms with Gasteiger partial charge in [-0.2, -0.15) is 0 Å². The summed E-state index contributed by atoms with van der Waals surface area (Å²) in [5, 5.41) is -0.571. The summed E-state index contributed by atoms with van der Waals surface area (Å²) in [6.45, 7) is 0.510. The lowest BCUT2D eigenvalue weighted by Crippen LogP contribution is -2.27. The lowest BCUT2D eigenvalue weighted by atomic mass is 10.1. The van der Waals surface area contributed by atoms with Crippen molar-refractivity contribution in [2.24, 2.45) is 5.92 Å². The topological polar surface area (TPSA) is 43.4 Å². The number of carbonyl (C=O) groups excluding carboxylic acids is 1. The van der Waals surface area contributed by atoms with Crippen LogP contribution >= 0.6 is 23.2 Å². The molecule has 1 aliphatic rings. The minimum atomic E-state index is -1.07. The summed E-state index contributed by atoms with van der Waals surface area (Å²) in [6.07, 6.45) is 1.61. The van der Waals surface area contributed by atoms with Crippen molar-refractivity contribution in [1.29, 1.82) is 0 Å². The first-order valence-corrected chi connectivity index (χ1v) is 8.02. The van der Waals surface area contributed by atoms with Crippen LogP contribution < -0.4 is 4.90 Å². The molecule has 1 aromatic rings. The monoisotopic (exact) mass is 305 g/mol. The number of benzene rings is 1. The number of amides is 1. The van der Waals surface area contributed by atoms with Crippen molar-refractivity contribution in [3.05, 3.63) is 24.3 Å². The van der Waals surface area contributed by atoms with Crippen molar-refractivity contribution in [2.75, 3.05) is 23.6 Å². The zero-order valence-corrected chi connectivity index (χ0v) is 12.1. The molecule has 1 saturated heterocycles. The largest absolute Gasteiger partial charge is 0.612 e. The Morgan fingerprint density at radius 3 is 2.83 bits per heavy atom. The molecule has 1 aliphatic heterocycles. The third-order valence-electron chi connectivity index (χ3n) is 2.99. The first-order valence-electron chi connectivity index (χ1n) is 5.49. The van der Waals surface area contributed by atoms with E-state index in [1.807, 2.05) is 6.07 Å². The van der Waals surface area contributed by atoms with Crippen LogP contribution in [0.25, 0.3) is 0 Å². The summed E-state index contributed by atoms with van der Waals surface area (Å²) >= 11 is 10.8. The zero-order valence-electron chi connectivity index (χ0n) is 9.81. The van der Waals surface area contributed by atoms with Gasteiger partial charge in [0.2, 0.25) is 5.91 Å². The van der Waals surface area contributed by atoms with E-state index in [4.69, 9.17) is 23.2 Å². The summed E-state index contributed by atoms with van der Waals surface area (Å²) in [4.78, 5) is 14.3. The predicted molar refractivity (Wildman–Crippen MR) is 75.0 cm³/mol. The molecule has 18 heavy (non-hydrogen) atoms. The third-order valence-corrected chi connectivity index (χ3v) is 4.85. The standard InChI is InChI=1S/C12H13Cl2NO2S/c1-18(17)10-4-2-3-9(5-10)15-7-8(6-13)11(14)12(15)16/h2-5,8,11H,6-7H2,1H3. The molecule has 3 nitrogen and oxygen atoms in total. The number of halogens is 2. The molecule has 0 saturated carbocycles. The number of alkyl halides is 2. The van der Waals surface area contributed by atoms with Crippen LogP contribution in [0.4, 0.5) is 5.69 Å². The first-order chi connectivity index (χ1) is 8.54. The molecule has 0 aromatic heterocycles. The fourth-order valence-corrected chi connectivity index (χ4v) is 3.17. The number of nitrogens with zero attached hydrogens (tertiary/aromatic N) is 1. The van der Waals surface area contributed by atoms with Crippen molar-refractivity contribution in [3.8, 4) is 0 Å². The first kappa shape index (κ1) is 14.0. The molecule has 2 rings (SSSR count). The van der Waals surface area contributed by atoms with E-state index < -0.39 is 16.6 Å². The number of carbonyl (C=O) groups is 1. The van der Waals surface area contributed by atoms with Crippen LogP contribution in [0.2, 0.25) is 0 Å². The average molecular weight is 306 g/mol. The van der Waals surface area contributed by atoms with Gasteiger partial charge in [0.15, 0.2) is 4.90 Å². The van der Waals surface area contributed by atoms with E-state index in [1.54, 1.807) is 29.4 Å². The second kappa shape index (κ2) is 5.70. The van der Waals surface area contributed by atoms with Crippen LogP contribution in [-0.2, 0) is 16.0 Å². The normalized spacial score (nSPS) is 25.6. The van der Waals surface area contributed by atoms with E-state index in [-0.39, 0.29) is 11.8 Å². The van der Waals surface area contributed by atoms with Crippen molar-refractivity contribution in [1.82, 2.24) is 0 Å². The van der Waals surface area contributed by atoms with Gasteiger partial charge in [-0.3, -0.25) is 4.79 Å². The Hall–Kier alpha value is -0.420. The van der Waals surface area contributed by atoms with Gasteiger partial charge in [0.05, 0.1) is 0 Å². The van der Waals surface area contributed by atoms with Crippen molar-refractivity contribution >= 4 is 46.0 Å². The Balaban J connectivity index is 2.27. The fourth-order valence-electron chi connectivity index (χ4n) is 1.96. The highest BCUT2D eigenvalue weighted by molar-refractivity contribution is 7.90. The quantitative estimate of drug-likeness (QED) is 0.635. The number of anilines is 1. The van der Waals surface area contributed by atoms with Crippen molar-refractivity contribution in [3.63, 3.8) is 0 Å². The maximum Gasteiger partial charge on any atom is 0.245 e. The highest BCUT2D eigenvalue weighted by Gasteiger charge is 2.39. The number of hydrogen-bond acceptors (Lipinski definition) is 2. The molecule has 1 heterocycles. The molecule has 1 aromatic carbocycles. The SMILES string of the molecule is C[S+]([O-])c1cccc(N2CC(CCl)C(Cl)C2=O)c1. The molecule has 1 amide bonds. The maximum atomic E-state index is 12.0. The second-order valence-electron chi connectivity index (χ2n) is 4.22. The van der Waals surface area contributed by atoms with E-state index in [9.17, 15) is 9.35 Å². The van der Waals surface area contributed by atoms with Gasteiger partial charge >= 0.3 is 0 Å². The van der Waals surface area contributed by atoms with E-state index in [0.717, 1.165) is 5.69 Å². The molecule has 0 radical (unpaired) electrons. The summed E-state index contributed by atoms with van der Waals surface area (Å²) in [7, 11) is 0. The van der Waals surface area contributed by atoms with E-state index in [1.165, 1.54) is 0 Å². The molecule has 1 fully saturated rings. The van der Waals surface area contributed by atoms with Gasteiger partial charge in [0, 0.05) is 30.1 Å². The van der Waals surface area contributed by atoms with Gasteiger partial charge in [-0.05, 0) is 23.3 Å². The van der Waals surface area contributed by atoms with Crippen molar-refractivity contribution < 1.29 is 9.35 Å². The van der Waals surface area contributed by atoms with Gasteiger partial charge in [-0.1, -0.05) is 6.07 Å². The molecule has 3 atom stereocenters. The Bertz CT molecular complexity index is 455. The van der Waals surface area contributed by atoms with Gasteiger partial charge < -0.3 is 9.45 Å². The van der Waals surface area contributed by atoms with Crippen LogP contribution in [0.5, 0.6) is 0 Å². The molecular weight excluding hydrogens is 293 g/mol. The molecule has 0 spiro atoms. The van der Waals surface area contributed by atoms with E-state index in [0.29, 0.717) is 17.3 Å². The second-order valence-corrected chi connectivity index (χ2v) is 6.37. The van der Waals surface area contributed by atoms with Crippen molar-refractivity contribution in [2.45, 2.75) is 10.3 Å². The summed E-state index contributed by atoms with van der Waals surface area (Å²) in [5.41, 5.74) is 0.728. The van der Waals surface area contributed by atoms with Gasteiger partial charge in [0.1, 0.15) is 11.6 Å². The van der Waals surface area contributed by atoms with Crippen LogP contribution in [0.3, 0.4) is 0 Å². The van der Waals surface area contributed by atoms with E-state index in [2.05, 4.69) is 0 Å². The minimum Gasteiger partial charge on any atom is -0.612 e. The molecule has 0 N–H and O–H groups in total. The molecule has 98 valence electrons. The Kier molecular flexibility index (Phi) is 4.43. The molecular formula is C12H13Cl2NO2S. The average Bonchev–Trinajstić information content (AvgIpc) is 2.66. The summed E-state index contributed by atoms with van der Waals surface area (Å²) in [6, 6.07) is 7.14. The number of hydrogen-bond donors (Lipinski definition) is 0. The van der Waals surface area contributed by atoms with Crippen LogP contribution in [0.1, 0.15) is 0 Å². The fraction of sp³-hybridized carbons (Fsp3) is 0.417. The Morgan fingerprint density at radius 2 is 2.28 bits per heavy atom. The molecule has 0 aliphatic carbocycles. The van der Waals surface area contributed by atoms with Crippen LogP contribution in [-0.4, -0.2) is 34.5 Å². The Labute approximate surface area is 119 Å². The zero-order chi connectivity index (χ0) is 13.3. The summed E-state index contributed by atoms with van der Waals surface area (Å²) < 4.78 is 11.4. The molecule has 6 heteroatoms. The van der Waals surface area contributed by atoms with Gasteiger partial charge in [-0.15, -0.1) is 23.2 Å². The highest BCUT2D eigenvalue weighted by Crippen LogP contribution is 2.30. The molecule has 0 bridgehead atoms. The van der Waals surface area contributed by atoms with Gasteiger partial charge in [0.25, 0.3) is 0 Å². The lowest BCUT2D eigenvalue weighted by Gasteiger charge is -2.17. The van der Waals surface area contributed by atoms with Gasteiger partial charge in [-0.25, -0.2) is 0 Å². The predicted octanol–water partition coefficient (Wildman–Crippen LogP) is 2.23. The Morgan fingerprint density at radius 1 is 1.56 bits per heavy atom. The third kappa shape index (κ3) is 2.62. The van der Waals surface area contributed by atoms with Crippen LogP contribution in [0, 0.1) is 5.92 Å². The van der Waals surface area contributed by atoms with E-state index >= 15 is 0 Å². The number of rotatable bonds is 3. The summed E-state index contributed by atoms with van der Waals surface area (Å²) in [5.74, 6) is 0.175. The maximum absolute atomic E-state index is 12.0. The lowest BCUT2D eigenvalue weighted by molar-refractivity contribution is -0.117. The highest BCUT2D eigenvalue weighted by atomic mass is 35.5. The van der Waals surface area contributed by atoms with Crippen LogP contribution in [0.15, 0.2) is 29.2 Å². The minimum absolute atomic E-state index is 0.0448. The molecule has 3 unspecified atom stereocenters. The smallest absolute Gasteiger partial charge is 0.245 e.